The smallest absolute Gasteiger partial charge is 0.358 e. The summed E-state index contributed by atoms with van der Waals surface area (Å²) in [7, 11) is 0. The number of thiazole rings is 2. The maximum absolute atomic E-state index is 12.1. The SMILES string of the molecule is CC(C)Cc1sc(-c2nccs2)nc1C(=O)OC(C)C. The monoisotopic (exact) mass is 310 g/mol. The predicted octanol–water partition coefficient (Wildman–Crippen LogP) is 4.03. The first-order chi connectivity index (χ1) is 9.47. The zero-order valence-electron chi connectivity index (χ0n) is 12.0. The summed E-state index contributed by atoms with van der Waals surface area (Å²) in [5.74, 6) is 0.125. The van der Waals surface area contributed by atoms with Crippen LogP contribution in [0.4, 0.5) is 0 Å². The number of carbonyl (C=O) groups is 1. The third-order valence-electron chi connectivity index (χ3n) is 2.44. The second-order valence-corrected chi connectivity index (χ2v) is 7.16. The summed E-state index contributed by atoms with van der Waals surface area (Å²) in [5.41, 5.74) is 0.447. The van der Waals surface area contributed by atoms with Crippen molar-refractivity contribution in [3.63, 3.8) is 0 Å². The fraction of sp³-hybridized carbons (Fsp3) is 0.500. The van der Waals surface area contributed by atoms with Crippen molar-refractivity contribution in [2.24, 2.45) is 5.92 Å². The van der Waals surface area contributed by atoms with E-state index in [1.807, 2.05) is 19.2 Å². The minimum atomic E-state index is -0.338. The largest absolute Gasteiger partial charge is 0.458 e. The van der Waals surface area contributed by atoms with Gasteiger partial charge in [-0.05, 0) is 26.2 Å². The molecule has 0 fully saturated rings. The Balaban J connectivity index is 2.35. The molecule has 4 nitrogen and oxygen atoms in total. The molecule has 0 aliphatic rings. The molecule has 0 saturated heterocycles. The zero-order valence-corrected chi connectivity index (χ0v) is 13.7. The molecular formula is C14H18N2O2S2. The predicted molar refractivity (Wildman–Crippen MR) is 82.3 cm³/mol. The molecule has 0 saturated carbocycles. The van der Waals surface area contributed by atoms with Gasteiger partial charge in [0.2, 0.25) is 0 Å². The topological polar surface area (TPSA) is 52.1 Å². The molecule has 20 heavy (non-hydrogen) atoms. The standard InChI is InChI=1S/C14H18N2O2S2/c1-8(2)7-10-11(14(17)18-9(3)4)16-13(20-10)12-15-5-6-19-12/h5-6,8-9H,7H2,1-4H3. The lowest BCUT2D eigenvalue weighted by molar-refractivity contribution is 0.0370. The first-order valence-corrected chi connectivity index (χ1v) is 8.27. The second kappa shape index (κ2) is 6.45. The molecule has 2 aromatic rings. The van der Waals surface area contributed by atoms with Crippen molar-refractivity contribution in [2.45, 2.75) is 40.2 Å². The average Bonchev–Trinajstić information content (AvgIpc) is 2.94. The molecule has 2 rings (SSSR count). The van der Waals surface area contributed by atoms with E-state index in [-0.39, 0.29) is 12.1 Å². The van der Waals surface area contributed by atoms with Crippen molar-refractivity contribution >= 4 is 28.6 Å². The molecule has 0 N–H and O–H groups in total. The minimum Gasteiger partial charge on any atom is -0.458 e. The van der Waals surface area contributed by atoms with E-state index in [4.69, 9.17) is 4.74 Å². The van der Waals surface area contributed by atoms with Gasteiger partial charge in [-0.15, -0.1) is 22.7 Å². The van der Waals surface area contributed by atoms with Crippen molar-refractivity contribution in [2.75, 3.05) is 0 Å². The van der Waals surface area contributed by atoms with Crippen LogP contribution in [0.5, 0.6) is 0 Å². The molecule has 108 valence electrons. The number of esters is 1. The van der Waals surface area contributed by atoms with Crippen LogP contribution in [0.1, 0.15) is 43.1 Å². The van der Waals surface area contributed by atoms with Crippen molar-refractivity contribution in [1.29, 1.82) is 0 Å². The highest BCUT2D eigenvalue weighted by Crippen LogP contribution is 2.31. The van der Waals surface area contributed by atoms with Crippen LogP contribution in [-0.4, -0.2) is 22.0 Å². The number of ether oxygens (including phenoxy) is 1. The molecule has 2 aromatic heterocycles. The number of rotatable bonds is 5. The van der Waals surface area contributed by atoms with Gasteiger partial charge in [0, 0.05) is 16.5 Å². The fourth-order valence-electron chi connectivity index (χ4n) is 1.71. The summed E-state index contributed by atoms with van der Waals surface area (Å²) in [5, 5.41) is 3.56. The Hall–Kier alpha value is -1.27. The van der Waals surface area contributed by atoms with Gasteiger partial charge >= 0.3 is 5.97 Å². The van der Waals surface area contributed by atoms with Gasteiger partial charge < -0.3 is 4.74 Å². The number of hydrogen-bond acceptors (Lipinski definition) is 6. The van der Waals surface area contributed by atoms with E-state index in [1.165, 1.54) is 22.7 Å². The van der Waals surface area contributed by atoms with Crippen LogP contribution in [0.3, 0.4) is 0 Å². The van der Waals surface area contributed by atoms with E-state index in [0.717, 1.165) is 21.3 Å². The Bertz CT molecular complexity index is 574. The molecule has 0 aromatic carbocycles. The van der Waals surface area contributed by atoms with Crippen molar-refractivity contribution in [3.05, 3.63) is 22.1 Å². The van der Waals surface area contributed by atoms with E-state index in [1.54, 1.807) is 6.20 Å². The quantitative estimate of drug-likeness (QED) is 0.782. The normalized spacial score (nSPS) is 11.3. The van der Waals surface area contributed by atoms with Crippen LogP contribution in [-0.2, 0) is 11.2 Å². The van der Waals surface area contributed by atoms with Crippen LogP contribution >= 0.6 is 22.7 Å². The highest BCUT2D eigenvalue weighted by Gasteiger charge is 2.22. The molecule has 0 amide bonds. The van der Waals surface area contributed by atoms with Gasteiger partial charge in [0.15, 0.2) is 15.7 Å². The van der Waals surface area contributed by atoms with Crippen LogP contribution in [0.2, 0.25) is 0 Å². The number of nitrogens with zero attached hydrogens (tertiary/aromatic N) is 2. The van der Waals surface area contributed by atoms with Crippen LogP contribution < -0.4 is 0 Å². The van der Waals surface area contributed by atoms with Crippen molar-refractivity contribution in [3.8, 4) is 10.0 Å². The maximum Gasteiger partial charge on any atom is 0.358 e. The Kier molecular flexibility index (Phi) is 4.88. The first-order valence-electron chi connectivity index (χ1n) is 6.58. The molecule has 0 bridgehead atoms. The number of hydrogen-bond donors (Lipinski definition) is 0. The zero-order chi connectivity index (χ0) is 14.7. The molecule has 0 aliphatic carbocycles. The van der Waals surface area contributed by atoms with E-state index in [0.29, 0.717) is 11.6 Å². The molecular weight excluding hydrogens is 292 g/mol. The summed E-state index contributed by atoms with van der Waals surface area (Å²) in [6.07, 6.45) is 2.43. The molecule has 0 unspecified atom stereocenters. The Labute approximate surface area is 126 Å². The van der Waals surface area contributed by atoms with Crippen molar-refractivity contribution < 1.29 is 9.53 Å². The number of aromatic nitrogens is 2. The third-order valence-corrected chi connectivity index (χ3v) is 4.44. The summed E-state index contributed by atoms with van der Waals surface area (Å²) in [6, 6.07) is 0. The Morgan fingerprint density at radius 1 is 1.30 bits per heavy atom. The molecule has 0 atom stereocenters. The highest BCUT2D eigenvalue weighted by molar-refractivity contribution is 7.20. The lowest BCUT2D eigenvalue weighted by Gasteiger charge is -2.08. The summed E-state index contributed by atoms with van der Waals surface area (Å²) >= 11 is 3.06. The van der Waals surface area contributed by atoms with Crippen LogP contribution in [0, 0.1) is 5.92 Å². The Morgan fingerprint density at radius 3 is 2.60 bits per heavy atom. The Morgan fingerprint density at radius 2 is 2.05 bits per heavy atom. The van der Waals surface area contributed by atoms with Gasteiger partial charge in [-0.2, -0.15) is 0 Å². The van der Waals surface area contributed by atoms with E-state index < -0.39 is 0 Å². The van der Waals surface area contributed by atoms with Gasteiger partial charge in [0.25, 0.3) is 0 Å². The summed E-state index contributed by atoms with van der Waals surface area (Å²) < 4.78 is 5.28. The highest BCUT2D eigenvalue weighted by atomic mass is 32.1. The molecule has 6 heteroatoms. The average molecular weight is 310 g/mol. The van der Waals surface area contributed by atoms with E-state index in [2.05, 4.69) is 23.8 Å². The van der Waals surface area contributed by atoms with E-state index in [9.17, 15) is 4.79 Å². The molecule has 2 heterocycles. The van der Waals surface area contributed by atoms with Gasteiger partial charge in [0.05, 0.1) is 6.10 Å². The van der Waals surface area contributed by atoms with Crippen LogP contribution in [0.25, 0.3) is 10.0 Å². The van der Waals surface area contributed by atoms with E-state index >= 15 is 0 Å². The number of carbonyl (C=O) groups excluding carboxylic acids is 1. The van der Waals surface area contributed by atoms with Gasteiger partial charge in [-0.3, -0.25) is 0 Å². The van der Waals surface area contributed by atoms with Crippen LogP contribution in [0.15, 0.2) is 11.6 Å². The lowest BCUT2D eigenvalue weighted by Crippen LogP contribution is -2.14. The molecule has 0 spiro atoms. The second-order valence-electron chi connectivity index (χ2n) is 5.18. The fourth-order valence-corrected chi connectivity index (χ4v) is 3.65. The lowest BCUT2D eigenvalue weighted by atomic mass is 10.1. The van der Waals surface area contributed by atoms with Gasteiger partial charge in [-0.25, -0.2) is 14.8 Å². The van der Waals surface area contributed by atoms with Crippen molar-refractivity contribution in [1.82, 2.24) is 9.97 Å². The summed E-state index contributed by atoms with van der Waals surface area (Å²) in [4.78, 5) is 21.8. The van der Waals surface area contributed by atoms with Gasteiger partial charge in [-0.1, -0.05) is 13.8 Å². The third kappa shape index (κ3) is 3.64. The maximum atomic E-state index is 12.1. The minimum absolute atomic E-state index is 0.139. The molecule has 0 aliphatic heterocycles. The molecule has 0 radical (unpaired) electrons. The first kappa shape index (κ1) is 15.1. The summed E-state index contributed by atoms with van der Waals surface area (Å²) in [6.45, 7) is 7.93. The van der Waals surface area contributed by atoms with Gasteiger partial charge in [0.1, 0.15) is 0 Å².